The molecule has 0 spiro atoms. The normalized spacial score (nSPS) is 13.9. The van der Waals surface area contributed by atoms with Crippen molar-refractivity contribution in [2.75, 3.05) is 47.5 Å². The molecule has 9 nitrogen and oxygen atoms in total. The number of carbonyl (C=O) groups is 2. The van der Waals surface area contributed by atoms with Gasteiger partial charge in [-0.05, 0) is 77.0 Å². The monoisotopic (exact) mass is 1110 g/mol. The van der Waals surface area contributed by atoms with Gasteiger partial charge in [-0.15, -0.1) is 0 Å². The molecular weight excluding hydrogens is 990 g/mol. The van der Waals surface area contributed by atoms with E-state index in [1.807, 2.05) is 21.1 Å². The second-order valence-corrected chi connectivity index (χ2v) is 23.8. The van der Waals surface area contributed by atoms with Crippen LogP contribution in [-0.2, 0) is 32.7 Å². The number of hydrogen-bond donors (Lipinski definition) is 0. The lowest BCUT2D eigenvalue weighted by atomic mass is 10.0. The lowest BCUT2D eigenvalue weighted by Gasteiger charge is -2.28. The van der Waals surface area contributed by atoms with Crippen LogP contribution in [0.5, 0.6) is 0 Å². The van der Waals surface area contributed by atoms with Crippen molar-refractivity contribution in [2.24, 2.45) is 0 Å². The fraction of sp³-hybridized carbons (Fsp3) is 0.735. The van der Waals surface area contributed by atoms with Crippen LogP contribution in [0.3, 0.4) is 0 Å². The maximum absolute atomic E-state index is 12.8. The third-order valence-electron chi connectivity index (χ3n) is 13.6. The predicted molar refractivity (Wildman–Crippen MR) is 332 cm³/mol. The number of nitrogens with zero attached hydrogens (tertiary/aromatic N) is 1. The van der Waals surface area contributed by atoms with Crippen molar-refractivity contribution in [3.05, 3.63) is 97.2 Å². The quantitative estimate of drug-likeness (QED) is 0.0195. The van der Waals surface area contributed by atoms with E-state index in [0.29, 0.717) is 17.4 Å². The minimum Gasteiger partial charge on any atom is -0.756 e. The van der Waals surface area contributed by atoms with Gasteiger partial charge in [0.15, 0.2) is 6.10 Å². The van der Waals surface area contributed by atoms with Gasteiger partial charge in [0.1, 0.15) is 19.8 Å². The van der Waals surface area contributed by atoms with E-state index < -0.39 is 26.5 Å². The smallest absolute Gasteiger partial charge is 0.306 e. The van der Waals surface area contributed by atoms with E-state index in [4.69, 9.17) is 18.5 Å². The number of phosphoric acid groups is 1. The molecule has 0 aromatic heterocycles. The number of unbranched alkanes of at least 4 members (excludes halogenated alkanes) is 28. The molecule has 0 saturated heterocycles. The second kappa shape index (κ2) is 58.6. The van der Waals surface area contributed by atoms with Crippen LogP contribution < -0.4 is 4.89 Å². The SMILES string of the molecule is CC/C=C\C/C=C\C/C=C\C/C=C\C/C=C\C/C=C\C/C=C\C/C=C\CCCCCCCCCCCCCCC(=O)OC(COC(=O)CCCCCCCCCCCCCCCCCCC)COP(=O)([O-])OCC[N+](C)(C)C. The summed E-state index contributed by atoms with van der Waals surface area (Å²) in [6, 6.07) is 0. The molecule has 0 heterocycles. The number of ether oxygens (including phenoxy) is 2. The summed E-state index contributed by atoms with van der Waals surface area (Å²) in [6.45, 7) is 4.15. The Morgan fingerprint density at radius 2 is 0.731 bits per heavy atom. The molecule has 450 valence electrons. The molecule has 0 amide bonds. The molecule has 2 atom stereocenters. The number of hydrogen-bond acceptors (Lipinski definition) is 8. The van der Waals surface area contributed by atoms with Gasteiger partial charge >= 0.3 is 11.9 Å². The van der Waals surface area contributed by atoms with Gasteiger partial charge in [-0.25, -0.2) is 0 Å². The van der Waals surface area contributed by atoms with Crippen LogP contribution >= 0.6 is 7.82 Å². The number of carbonyl (C=O) groups excluding carboxylic acids is 2. The second-order valence-electron chi connectivity index (χ2n) is 22.4. The largest absolute Gasteiger partial charge is 0.756 e. The fourth-order valence-corrected chi connectivity index (χ4v) is 9.46. The molecule has 0 saturated carbocycles. The van der Waals surface area contributed by atoms with Gasteiger partial charge in [0.25, 0.3) is 7.82 Å². The zero-order valence-corrected chi connectivity index (χ0v) is 52.0. The van der Waals surface area contributed by atoms with Crippen molar-refractivity contribution in [1.29, 1.82) is 0 Å². The summed E-state index contributed by atoms with van der Waals surface area (Å²) in [4.78, 5) is 37.9. The predicted octanol–water partition coefficient (Wildman–Crippen LogP) is 19.7. The Kier molecular flexibility index (Phi) is 56.3. The van der Waals surface area contributed by atoms with E-state index in [0.717, 1.165) is 89.9 Å². The minimum atomic E-state index is -4.64. The third kappa shape index (κ3) is 62.1. The Morgan fingerprint density at radius 1 is 0.410 bits per heavy atom. The summed E-state index contributed by atoms with van der Waals surface area (Å²) in [7, 11) is 1.17. The fourth-order valence-electron chi connectivity index (χ4n) is 8.73. The van der Waals surface area contributed by atoms with E-state index in [-0.39, 0.29) is 32.0 Å². The van der Waals surface area contributed by atoms with Crippen LogP contribution in [0.15, 0.2) is 97.2 Å². The molecule has 0 fully saturated rings. The maximum Gasteiger partial charge on any atom is 0.306 e. The Labute approximate surface area is 481 Å². The summed E-state index contributed by atoms with van der Waals surface area (Å²) >= 11 is 0. The first kappa shape index (κ1) is 74.9. The van der Waals surface area contributed by atoms with Gasteiger partial charge in [-0.3, -0.25) is 14.2 Å². The molecular formula is C68H120NO8P. The van der Waals surface area contributed by atoms with E-state index in [9.17, 15) is 19.0 Å². The number of phosphoric ester groups is 1. The van der Waals surface area contributed by atoms with Crippen LogP contribution in [0.1, 0.15) is 271 Å². The van der Waals surface area contributed by atoms with Crippen LogP contribution in [0.25, 0.3) is 0 Å². The highest BCUT2D eigenvalue weighted by Crippen LogP contribution is 2.38. The zero-order chi connectivity index (χ0) is 57.0. The van der Waals surface area contributed by atoms with Crippen LogP contribution in [0, 0.1) is 0 Å². The molecule has 0 bridgehead atoms. The molecule has 0 aliphatic carbocycles. The Morgan fingerprint density at radius 3 is 1.09 bits per heavy atom. The number of likely N-dealkylation sites (N-methyl/N-ethyl adjacent to an activating group) is 1. The van der Waals surface area contributed by atoms with Crippen molar-refractivity contribution in [3.8, 4) is 0 Å². The van der Waals surface area contributed by atoms with Crippen LogP contribution in [-0.4, -0.2) is 70.0 Å². The first-order chi connectivity index (χ1) is 38.0. The van der Waals surface area contributed by atoms with E-state index in [2.05, 4.69) is 111 Å². The topological polar surface area (TPSA) is 111 Å². The standard InChI is InChI=1S/C68H120NO8P/c1-6-8-10-12-14-16-18-20-22-24-25-26-27-28-29-30-31-32-33-34-35-36-37-38-39-40-41-42-43-45-47-49-51-53-55-57-59-61-68(71)77-66(65-76-78(72,73)75-63-62-69(3,4)5)64-74-67(70)60-58-56-54-52-50-48-46-44-23-21-19-17-15-13-11-9-7-2/h8,10,14,16,20,22,25-26,28-29,31-32,34-35,37-38,66H,6-7,9,11-13,15,17-19,21,23-24,27,30,33,36,39-65H2,1-5H3/b10-8-,16-14-,22-20-,26-25-,29-28-,32-31-,35-34-,38-37-. The van der Waals surface area contributed by atoms with Crippen molar-refractivity contribution >= 4 is 19.8 Å². The first-order valence-corrected chi connectivity index (χ1v) is 33.4. The summed E-state index contributed by atoms with van der Waals surface area (Å²) in [5, 5.41) is 0. The summed E-state index contributed by atoms with van der Waals surface area (Å²) in [5.41, 5.74) is 0. The highest BCUT2D eigenvalue weighted by atomic mass is 31.2. The molecule has 10 heteroatoms. The Hall–Kier alpha value is -3.07. The zero-order valence-electron chi connectivity index (χ0n) is 51.1. The Bertz CT molecular complexity index is 1640. The molecule has 78 heavy (non-hydrogen) atoms. The van der Waals surface area contributed by atoms with Gasteiger partial charge in [-0.2, -0.15) is 0 Å². The van der Waals surface area contributed by atoms with E-state index in [1.165, 1.54) is 148 Å². The molecule has 0 aromatic rings. The highest BCUT2D eigenvalue weighted by Gasteiger charge is 2.22. The van der Waals surface area contributed by atoms with Gasteiger partial charge in [0.05, 0.1) is 27.7 Å². The van der Waals surface area contributed by atoms with Crippen LogP contribution in [0.4, 0.5) is 0 Å². The molecule has 0 aromatic carbocycles. The number of rotatable bonds is 58. The van der Waals surface area contributed by atoms with Gasteiger partial charge in [0.2, 0.25) is 0 Å². The molecule has 0 N–H and O–H groups in total. The first-order valence-electron chi connectivity index (χ1n) is 31.9. The highest BCUT2D eigenvalue weighted by molar-refractivity contribution is 7.45. The Balaban J connectivity index is 4.07. The molecule has 0 radical (unpaired) electrons. The van der Waals surface area contributed by atoms with Crippen molar-refractivity contribution in [3.63, 3.8) is 0 Å². The molecule has 2 unspecified atom stereocenters. The third-order valence-corrected chi connectivity index (χ3v) is 14.6. The lowest BCUT2D eigenvalue weighted by molar-refractivity contribution is -0.870. The average Bonchev–Trinajstić information content (AvgIpc) is 3.41. The summed E-state index contributed by atoms with van der Waals surface area (Å²) in [6.07, 6.45) is 80.4. The number of esters is 2. The van der Waals surface area contributed by atoms with Crippen molar-refractivity contribution < 1.29 is 42.1 Å². The average molecular weight is 1110 g/mol. The molecule has 0 aliphatic rings. The van der Waals surface area contributed by atoms with E-state index >= 15 is 0 Å². The van der Waals surface area contributed by atoms with E-state index in [1.54, 1.807) is 0 Å². The maximum atomic E-state index is 12.8. The minimum absolute atomic E-state index is 0.0328. The number of quaternary nitrogens is 1. The van der Waals surface area contributed by atoms with Gasteiger partial charge in [-0.1, -0.05) is 278 Å². The summed E-state index contributed by atoms with van der Waals surface area (Å²) < 4.78 is 34.2. The number of allylic oxidation sites excluding steroid dienone is 16. The van der Waals surface area contributed by atoms with Crippen LogP contribution in [0.2, 0.25) is 0 Å². The molecule has 0 rings (SSSR count). The lowest BCUT2D eigenvalue weighted by Crippen LogP contribution is -2.37. The van der Waals surface area contributed by atoms with Gasteiger partial charge < -0.3 is 27.9 Å². The molecule has 0 aliphatic heterocycles. The van der Waals surface area contributed by atoms with Crippen molar-refractivity contribution in [1.82, 2.24) is 0 Å². The van der Waals surface area contributed by atoms with Crippen molar-refractivity contribution in [2.45, 2.75) is 277 Å². The summed E-state index contributed by atoms with van der Waals surface area (Å²) in [5.74, 6) is -0.829. The van der Waals surface area contributed by atoms with Gasteiger partial charge in [0, 0.05) is 12.8 Å².